The normalized spacial score (nSPS) is 12.2. The van der Waals surface area contributed by atoms with Crippen LogP contribution in [-0.4, -0.2) is 12.6 Å². The van der Waals surface area contributed by atoms with Crippen molar-refractivity contribution >= 4 is 5.97 Å². The zero-order valence-electron chi connectivity index (χ0n) is 13.2. The molecule has 0 saturated carbocycles. The van der Waals surface area contributed by atoms with Gasteiger partial charge in [0.05, 0.1) is 6.61 Å². The van der Waals surface area contributed by atoms with Gasteiger partial charge in [-0.25, -0.2) is 4.79 Å². The zero-order valence-corrected chi connectivity index (χ0v) is 13.2. The van der Waals surface area contributed by atoms with Gasteiger partial charge >= 0.3 is 5.97 Å². The highest BCUT2D eigenvalue weighted by Gasteiger charge is 2.03. The quantitative estimate of drug-likeness (QED) is 0.314. The van der Waals surface area contributed by atoms with Gasteiger partial charge in [0, 0.05) is 5.57 Å². The minimum Gasteiger partial charge on any atom is -0.463 e. The third-order valence-corrected chi connectivity index (χ3v) is 2.92. The summed E-state index contributed by atoms with van der Waals surface area (Å²) in [7, 11) is 0. The van der Waals surface area contributed by atoms with E-state index in [1.54, 1.807) is 6.92 Å². The molecule has 20 heavy (non-hydrogen) atoms. The number of hydrogen-bond acceptors (Lipinski definition) is 2. The van der Waals surface area contributed by atoms with Gasteiger partial charge in [0.15, 0.2) is 0 Å². The van der Waals surface area contributed by atoms with E-state index < -0.39 is 0 Å². The molecule has 0 amide bonds. The average molecular weight is 276 g/mol. The molecule has 0 radical (unpaired) electrons. The molecule has 0 spiro atoms. The standard InChI is InChI=1S/C18H28O2/c1-6-10-17(13-8-11-15(3)4)14-9-12-16(5)18(19)20-7-2/h6,12-13H,1,3,7-11,14H2,2,4-5H3/b16-12+,17-13-. The second-order valence-electron chi connectivity index (χ2n) is 5.00. The van der Waals surface area contributed by atoms with Gasteiger partial charge in [-0.1, -0.05) is 29.4 Å². The van der Waals surface area contributed by atoms with E-state index in [1.165, 1.54) is 11.1 Å². The lowest BCUT2D eigenvalue weighted by atomic mass is 10.0. The molecule has 0 aromatic carbocycles. The number of hydrogen-bond donors (Lipinski definition) is 0. The van der Waals surface area contributed by atoms with E-state index >= 15 is 0 Å². The highest BCUT2D eigenvalue weighted by atomic mass is 16.5. The lowest BCUT2D eigenvalue weighted by Gasteiger charge is -2.05. The van der Waals surface area contributed by atoms with Crippen molar-refractivity contribution in [3.63, 3.8) is 0 Å². The predicted octanol–water partition coefficient (Wildman–Crippen LogP) is 5.13. The Morgan fingerprint density at radius 2 is 1.80 bits per heavy atom. The molecule has 0 aliphatic rings. The molecule has 2 heteroatoms. The van der Waals surface area contributed by atoms with E-state index in [4.69, 9.17) is 4.74 Å². The van der Waals surface area contributed by atoms with Gasteiger partial charge in [-0.3, -0.25) is 0 Å². The van der Waals surface area contributed by atoms with E-state index in [0.29, 0.717) is 12.2 Å². The molecule has 0 unspecified atom stereocenters. The summed E-state index contributed by atoms with van der Waals surface area (Å²) in [6, 6.07) is 0. The first-order valence-electron chi connectivity index (χ1n) is 7.28. The lowest BCUT2D eigenvalue weighted by Crippen LogP contribution is -2.04. The topological polar surface area (TPSA) is 26.3 Å². The number of ether oxygens (including phenoxy) is 1. The van der Waals surface area contributed by atoms with Gasteiger partial charge < -0.3 is 4.74 Å². The summed E-state index contributed by atoms with van der Waals surface area (Å²) in [5.74, 6) is -0.218. The summed E-state index contributed by atoms with van der Waals surface area (Å²) in [6.07, 6.45) is 10.9. The molecule has 0 heterocycles. The molecule has 0 atom stereocenters. The van der Waals surface area contributed by atoms with Gasteiger partial charge in [0.2, 0.25) is 0 Å². The molecule has 0 aromatic rings. The fourth-order valence-electron chi connectivity index (χ4n) is 1.80. The molecule has 0 aromatic heterocycles. The predicted molar refractivity (Wildman–Crippen MR) is 86.6 cm³/mol. The largest absolute Gasteiger partial charge is 0.463 e. The first-order valence-corrected chi connectivity index (χ1v) is 7.28. The first kappa shape index (κ1) is 18.4. The Kier molecular flexibility index (Phi) is 10.4. The highest BCUT2D eigenvalue weighted by molar-refractivity contribution is 5.87. The Morgan fingerprint density at radius 1 is 1.15 bits per heavy atom. The van der Waals surface area contributed by atoms with Crippen molar-refractivity contribution in [3.8, 4) is 0 Å². The van der Waals surface area contributed by atoms with Crippen molar-refractivity contribution in [1.82, 2.24) is 0 Å². The van der Waals surface area contributed by atoms with Crippen LogP contribution in [0.4, 0.5) is 0 Å². The molecule has 0 rings (SSSR count). The number of rotatable bonds is 10. The summed E-state index contributed by atoms with van der Waals surface area (Å²) in [5, 5.41) is 0. The maximum absolute atomic E-state index is 11.5. The maximum Gasteiger partial charge on any atom is 0.333 e. The van der Waals surface area contributed by atoms with Crippen molar-refractivity contribution in [3.05, 3.63) is 48.1 Å². The van der Waals surface area contributed by atoms with Gasteiger partial charge in [-0.15, -0.1) is 13.2 Å². The van der Waals surface area contributed by atoms with Crippen LogP contribution in [0, 0.1) is 0 Å². The summed E-state index contributed by atoms with van der Waals surface area (Å²) in [5.41, 5.74) is 3.26. The fraction of sp³-hybridized carbons (Fsp3) is 0.500. The molecule has 0 bridgehead atoms. The second-order valence-corrected chi connectivity index (χ2v) is 5.00. The number of allylic oxidation sites excluding steroid dienone is 5. The Bertz CT molecular complexity index is 386. The lowest BCUT2D eigenvalue weighted by molar-refractivity contribution is -0.138. The molecule has 0 N–H and O–H groups in total. The smallest absolute Gasteiger partial charge is 0.333 e. The second kappa shape index (κ2) is 11.3. The summed E-state index contributed by atoms with van der Waals surface area (Å²) in [4.78, 5) is 11.5. The van der Waals surface area contributed by atoms with Crippen LogP contribution in [0.5, 0.6) is 0 Å². The van der Waals surface area contributed by atoms with E-state index in [9.17, 15) is 4.79 Å². The average Bonchev–Trinajstić information content (AvgIpc) is 2.38. The molecule has 112 valence electrons. The number of carbonyl (C=O) groups is 1. The van der Waals surface area contributed by atoms with Gasteiger partial charge in [-0.05, 0) is 52.9 Å². The van der Waals surface area contributed by atoms with E-state index in [2.05, 4.69) is 19.2 Å². The van der Waals surface area contributed by atoms with Crippen molar-refractivity contribution < 1.29 is 9.53 Å². The molecule has 0 fully saturated rings. The van der Waals surface area contributed by atoms with Crippen LogP contribution in [0.1, 0.15) is 52.9 Å². The minimum absolute atomic E-state index is 0.218. The Labute approximate surface area is 123 Å². The number of esters is 1. The Morgan fingerprint density at radius 3 is 2.35 bits per heavy atom. The van der Waals surface area contributed by atoms with E-state index in [0.717, 1.165) is 32.1 Å². The van der Waals surface area contributed by atoms with Crippen LogP contribution in [0.3, 0.4) is 0 Å². The molecule has 0 aliphatic heterocycles. The first-order chi connectivity index (χ1) is 9.51. The fourth-order valence-corrected chi connectivity index (χ4v) is 1.80. The van der Waals surface area contributed by atoms with Crippen LogP contribution in [0.25, 0.3) is 0 Å². The molecular weight excluding hydrogens is 248 g/mol. The molecule has 0 aliphatic carbocycles. The van der Waals surface area contributed by atoms with Crippen LogP contribution in [0.2, 0.25) is 0 Å². The van der Waals surface area contributed by atoms with Crippen molar-refractivity contribution in [2.45, 2.75) is 52.9 Å². The van der Waals surface area contributed by atoms with Crippen molar-refractivity contribution in [2.24, 2.45) is 0 Å². The molecule has 2 nitrogen and oxygen atoms in total. The third kappa shape index (κ3) is 9.37. The van der Waals surface area contributed by atoms with Gasteiger partial charge in [0.1, 0.15) is 0 Å². The van der Waals surface area contributed by atoms with Crippen LogP contribution < -0.4 is 0 Å². The monoisotopic (exact) mass is 276 g/mol. The summed E-state index contributed by atoms with van der Waals surface area (Å²) >= 11 is 0. The molecular formula is C18H28O2. The van der Waals surface area contributed by atoms with Crippen molar-refractivity contribution in [1.29, 1.82) is 0 Å². The SMILES string of the molecule is C=CC/C(=C/CCC(=C)C)CC/C=C(\C)C(=O)OCC. The summed E-state index contributed by atoms with van der Waals surface area (Å²) < 4.78 is 4.95. The van der Waals surface area contributed by atoms with Crippen LogP contribution >= 0.6 is 0 Å². The number of carbonyl (C=O) groups excluding carboxylic acids is 1. The Balaban J connectivity index is 4.32. The molecule has 0 saturated heterocycles. The summed E-state index contributed by atoms with van der Waals surface area (Å²) in [6.45, 7) is 13.8. The third-order valence-electron chi connectivity index (χ3n) is 2.92. The van der Waals surface area contributed by atoms with E-state index in [-0.39, 0.29) is 5.97 Å². The van der Waals surface area contributed by atoms with Crippen LogP contribution in [0.15, 0.2) is 48.1 Å². The maximum atomic E-state index is 11.5. The zero-order chi connectivity index (χ0) is 15.4. The van der Waals surface area contributed by atoms with Gasteiger partial charge in [-0.2, -0.15) is 0 Å². The highest BCUT2D eigenvalue weighted by Crippen LogP contribution is 2.15. The van der Waals surface area contributed by atoms with Crippen molar-refractivity contribution in [2.75, 3.05) is 6.61 Å². The van der Waals surface area contributed by atoms with E-state index in [1.807, 2.05) is 26.0 Å². The Hall–Kier alpha value is -1.57. The minimum atomic E-state index is -0.218. The van der Waals surface area contributed by atoms with Gasteiger partial charge in [0.25, 0.3) is 0 Å². The van der Waals surface area contributed by atoms with Crippen LogP contribution in [-0.2, 0) is 9.53 Å².